The standard InChI is InChI=1S/C22H18BrCl2N5O2/c1-11-14(23)20(32-2)16(25)18(15(11)24)29-22(31)13-9-30(8-12-6-4-3-5-7-12)19-17(13)27-10-28-21(19)26/h3-7,9-10H,8H2,1-2H3,(H,29,31)(H2,26,27,28). The molecule has 0 aliphatic rings. The first-order valence-electron chi connectivity index (χ1n) is 9.49. The van der Waals surface area contributed by atoms with Gasteiger partial charge in [-0.3, -0.25) is 4.79 Å². The van der Waals surface area contributed by atoms with Crippen LogP contribution >= 0.6 is 39.1 Å². The summed E-state index contributed by atoms with van der Waals surface area (Å²) in [6.45, 7) is 2.29. The number of hydrogen-bond acceptors (Lipinski definition) is 5. The number of aromatic nitrogens is 3. The van der Waals surface area contributed by atoms with Crippen LogP contribution < -0.4 is 15.8 Å². The number of anilines is 2. The minimum absolute atomic E-state index is 0.186. The Bertz CT molecular complexity index is 1340. The normalized spacial score (nSPS) is 11.0. The van der Waals surface area contributed by atoms with E-state index >= 15 is 0 Å². The summed E-state index contributed by atoms with van der Waals surface area (Å²) in [4.78, 5) is 21.7. The van der Waals surface area contributed by atoms with Crippen molar-refractivity contribution in [1.29, 1.82) is 0 Å². The summed E-state index contributed by atoms with van der Waals surface area (Å²) in [5.41, 5.74) is 9.42. The third-order valence-corrected chi connectivity index (χ3v) is 6.84. The third kappa shape index (κ3) is 3.90. The maximum atomic E-state index is 13.3. The van der Waals surface area contributed by atoms with Crippen LogP contribution in [0.2, 0.25) is 10.0 Å². The van der Waals surface area contributed by atoms with Gasteiger partial charge in [-0.2, -0.15) is 0 Å². The highest BCUT2D eigenvalue weighted by Crippen LogP contribution is 2.46. The molecule has 1 amide bonds. The van der Waals surface area contributed by atoms with Gasteiger partial charge in [-0.05, 0) is 34.0 Å². The number of nitrogens with one attached hydrogen (secondary N) is 1. The van der Waals surface area contributed by atoms with E-state index in [1.54, 1.807) is 13.1 Å². The van der Waals surface area contributed by atoms with Crippen molar-refractivity contribution < 1.29 is 9.53 Å². The van der Waals surface area contributed by atoms with Crippen molar-refractivity contribution in [3.8, 4) is 5.75 Å². The maximum Gasteiger partial charge on any atom is 0.259 e. The molecule has 2 aromatic carbocycles. The Morgan fingerprint density at radius 1 is 1.22 bits per heavy atom. The fraction of sp³-hybridized carbons (Fsp3) is 0.136. The second-order valence-corrected chi connectivity index (χ2v) is 8.59. The number of amides is 1. The van der Waals surface area contributed by atoms with Crippen LogP contribution in [0.3, 0.4) is 0 Å². The van der Waals surface area contributed by atoms with Crippen LogP contribution in [0.5, 0.6) is 5.75 Å². The largest absolute Gasteiger partial charge is 0.494 e. The summed E-state index contributed by atoms with van der Waals surface area (Å²) in [5, 5.41) is 3.30. The number of ether oxygens (including phenoxy) is 1. The van der Waals surface area contributed by atoms with Crippen molar-refractivity contribution >= 4 is 67.6 Å². The smallest absolute Gasteiger partial charge is 0.259 e. The lowest BCUT2D eigenvalue weighted by molar-refractivity contribution is 0.102. The molecular formula is C22H18BrCl2N5O2. The molecule has 0 spiro atoms. The summed E-state index contributed by atoms with van der Waals surface area (Å²) in [7, 11) is 1.49. The lowest BCUT2D eigenvalue weighted by atomic mass is 10.2. The number of fused-ring (bicyclic) bond motifs is 1. The molecule has 0 saturated carbocycles. The number of carbonyl (C=O) groups is 1. The Balaban J connectivity index is 1.79. The van der Waals surface area contributed by atoms with E-state index in [1.807, 2.05) is 34.9 Å². The molecule has 0 aliphatic heterocycles. The molecule has 0 radical (unpaired) electrons. The molecular weight excluding hydrogens is 517 g/mol. The van der Waals surface area contributed by atoms with E-state index in [0.717, 1.165) is 5.56 Å². The highest BCUT2D eigenvalue weighted by atomic mass is 79.9. The molecule has 10 heteroatoms. The van der Waals surface area contributed by atoms with Gasteiger partial charge in [0.15, 0.2) is 11.6 Å². The van der Waals surface area contributed by atoms with Gasteiger partial charge in [0.1, 0.15) is 22.4 Å². The molecule has 2 heterocycles. The van der Waals surface area contributed by atoms with Gasteiger partial charge in [0.05, 0.1) is 27.9 Å². The zero-order valence-corrected chi connectivity index (χ0v) is 20.2. The molecule has 0 saturated heterocycles. The third-order valence-electron chi connectivity index (χ3n) is 5.06. The molecule has 4 rings (SSSR count). The van der Waals surface area contributed by atoms with Crippen LogP contribution in [-0.4, -0.2) is 27.6 Å². The minimum Gasteiger partial charge on any atom is -0.494 e. The number of carbonyl (C=O) groups excluding carboxylic acids is 1. The lowest BCUT2D eigenvalue weighted by Gasteiger charge is -2.16. The fourth-order valence-corrected chi connectivity index (χ4v) is 4.84. The zero-order chi connectivity index (χ0) is 23.0. The predicted molar refractivity (Wildman–Crippen MR) is 131 cm³/mol. The monoisotopic (exact) mass is 533 g/mol. The number of nitrogen functional groups attached to an aromatic ring is 1. The maximum absolute atomic E-state index is 13.3. The van der Waals surface area contributed by atoms with E-state index in [9.17, 15) is 4.79 Å². The number of nitrogens with two attached hydrogens (primary N) is 1. The topological polar surface area (TPSA) is 95.1 Å². The zero-order valence-electron chi connectivity index (χ0n) is 17.1. The molecule has 0 fully saturated rings. The van der Waals surface area contributed by atoms with Crippen molar-refractivity contribution in [3.05, 3.63) is 74.1 Å². The first-order chi connectivity index (χ1) is 15.3. The first-order valence-corrected chi connectivity index (χ1v) is 11.0. The van der Waals surface area contributed by atoms with Gasteiger partial charge in [-0.1, -0.05) is 53.5 Å². The molecule has 0 atom stereocenters. The number of methoxy groups -OCH3 is 1. The van der Waals surface area contributed by atoms with Gasteiger partial charge < -0.3 is 20.4 Å². The molecule has 0 unspecified atom stereocenters. The average Bonchev–Trinajstić information content (AvgIpc) is 3.16. The number of halogens is 3. The van der Waals surface area contributed by atoms with Gasteiger partial charge >= 0.3 is 0 Å². The van der Waals surface area contributed by atoms with E-state index in [0.29, 0.717) is 43.9 Å². The van der Waals surface area contributed by atoms with Crippen molar-refractivity contribution in [2.45, 2.75) is 13.5 Å². The molecule has 7 nitrogen and oxygen atoms in total. The highest BCUT2D eigenvalue weighted by molar-refractivity contribution is 9.10. The second-order valence-electron chi connectivity index (χ2n) is 7.04. The number of nitrogens with zero attached hydrogens (tertiary/aromatic N) is 3. The SMILES string of the molecule is COc1c(Cl)c(NC(=O)c2cn(Cc3ccccc3)c3c(N)ncnc23)c(Cl)c(C)c1Br. The summed E-state index contributed by atoms with van der Waals surface area (Å²) in [5.74, 6) is 0.219. The Hall–Kier alpha value is -2.81. The van der Waals surface area contributed by atoms with Crippen molar-refractivity contribution in [2.75, 3.05) is 18.2 Å². The van der Waals surface area contributed by atoms with Crippen LogP contribution in [0.25, 0.3) is 11.0 Å². The van der Waals surface area contributed by atoms with Crippen LogP contribution in [-0.2, 0) is 6.54 Å². The Labute approximate surface area is 202 Å². The Morgan fingerprint density at radius 2 is 1.94 bits per heavy atom. The second kappa shape index (κ2) is 8.97. The molecule has 2 aromatic heterocycles. The van der Waals surface area contributed by atoms with Gasteiger partial charge in [-0.15, -0.1) is 0 Å². The molecule has 164 valence electrons. The number of hydrogen-bond donors (Lipinski definition) is 2. The van der Waals surface area contributed by atoms with Crippen LogP contribution in [0, 0.1) is 6.92 Å². The van der Waals surface area contributed by atoms with Gasteiger partial charge in [0.25, 0.3) is 5.91 Å². The molecule has 0 bridgehead atoms. The summed E-state index contributed by atoms with van der Waals surface area (Å²) >= 11 is 16.4. The van der Waals surface area contributed by atoms with Crippen molar-refractivity contribution in [2.24, 2.45) is 0 Å². The Kier molecular flexibility index (Phi) is 6.28. The van der Waals surface area contributed by atoms with E-state index in [2.05, 4.69) is 31.2 Å². The van der Waals surface area contributed by atoms with Gasteiger partial charge in [0.2, 0.25) is 0 Å². The number of benzene rings is 2. The van der Waals surface area contributed by atoms with E-state index in [4.69, 9.17) is 33.7 Å². The van der Waals surface area contributed by atoms with Crippen LogP contribution in [0.15, 0.2) is 47.3 Å². The van der Waals surface area contributed by atoms with Crippen LogP contribution in [0.4, 0.5) is 11.5 Å². The van der Waals surface area contributed by atoms with Crippen LogP contribution in [0.1, 0.15) is 21.5 Å². The molecule has 3 N–H and O–H groups in total. The van der Waals surface area contributed by atoms with E-state index < -0.39 is 5.91 Å². The number of rotatable bonds is 5. The van der Waals surface area contributed by atoms with Crippen molar-refractivity contribution in [3.63, 3.8) is 0 Å². The van der Waals surface area contributed by atoms with Gasteiger partial charge in [0, 0.05) is 12.7 Å². The van der Waals surface area contributed by atoms with E-state index in [1.165, 1.54) is 13.4 Å². The average molecular weight is 535 g/mol. The highest BCUT2D eigenvalue weighted by Gasteiger charge is 2.24. The fourth-order valence-electron chi connectivity index (χ4n) is 3.46. The lowest BCUT2D eigenvalue weighted by Crippen LogP contribution is -2.13. The summed E-state index contributed by atoms with van der Waals surface area (Å²) < 4.78 is 7.84. The van der Waals surface area contributed by atoms with Crippen molar-refractivity contribution in [1.82, 2.24) is 14.5 Å². The quantitative estimate of drug-likeness (QED) is 0.342. The summed E-state index contributed by atoms with van der Waals surface area (Å²) in [6.07, 6.45) is 3.02. The summed E-state index contributed by atoms with van der Waals surface area (Å²) in [6, 6.07) is 9.81. The molecule has 4 aromatic rings. The first kappa shape index (κ1) is 22.4. The predicted octanol–water partition coefficient (Wildman–Crippen LogP) is 5.70. The molecule has 32 heavy (non-hydrogen) atoms. The van der Waals surface area contributed by atoms with Gasteiger partial charge in [-0.25, -0.2) is 9.97 Å². The minimum atomic E-state index is -0.438. The Morgan fingerprint density at radius 3 is 2.62 bits per heavy atom. The van der Waals surface area contributed by atoms with E-state index in [-0.39, 0.29) is 16.5 Å². The molecule has 0 aliphatic carbocycles.